The Morgan fingerprint density at radius 1 is 0.839 bits per heavy atom. The molecule has 1 saturated heterocycles. The van der Waals surface area contributed by atoms with E-state index in [1.807, 2.05) is 24.4 Å². The van der Waals surface area contributed by atoms with Gasteiger partial charge in [-0.15, -0.1) is 0 Å². The van der Waals surface area contributed by atoms with Gasteiger partial charge in [0, 0.05) is 54.5 Å². The lowest BCUT2D eigenvalue weighted by Crippen LogP contribution is -2.44. The van der Waals surface area contributed by atoms with Crippen molar-refractivity contribution in [2.45, 2.75) is 0 Å². The summed E-state index contributed by atoms with van der Waals surface area (Å²) in [6.07, 6.45) is 1.82. The van der Waals surface area contributed by atoms with Gasteiger partial charge in [0.25, 0.3) is 0 Å². The number of nitrogens with zero attached hydrogens (tertiary/aromatic N) is 4. The van der Waals surface area contributed by atoms with Gasteiger partial charge >= 0.3 is 0 Å². The zero-order valence-corrected chi connectivity index (χ0v) is 17.5. The predicted molar refractivity (Wildman–Crippen MR) is 126 cm³/mol. The van der Waals surface area contributed by atoms with Crippen LogP contribution in [0.15, 0.2) is 66.9 Å². The molecule has 0 unspecified atom stereocenters. The average molecular weight is 409 g/mol. The van der Waals surface area contributed by atoms with E-state index >= 15 is 0 Å². The predicted octanol–water partition coefficient (Wildman–Crippen LogP) is 4.53. The van der Waals surface area contributed by atoms with Crippen LogP contribution in [0, 0.1) is 0 Å². The maximum atomic E-state index is 4.91. The maximum Gasteiger partial charge on any atom is 0.138 e. The summed E-state index contributed by atoms with van der Waals surface area (Å²) in [4.78, 5) is 21.2. The number of pyridine rings is 1. The molecule has 0 aliphatic carbocycles. The first-order chi connectivity index (χ1) is 15.2. The molecule has 0 amide bonds. The molecule has 2 aromatic carbocycles. The van der Waals surface area contributed by atoms with Crippen LogP contribution in [0.2, 0.25) is 0 Å². The monoisotopic (exact) mass is 408 g/mol. The van der Waals surface area contributed by atoms with E-state index in [4.69, 9.17) is 4.98 Å². The molecule has 1 fully saturated rings. The molecule has 154 valence electrons. The van der Waals surface area contributed by atoms with Gasteiger partial charge in [0.15, 0.2) is 0 Å². The van der Waals surface area contributed by atoms with Crippen molar-refractivity contribution in [1.82, 2.24) is 24.8 Å². The van der Waals surface area contributed by atoms with Crippen molar-refractivity contribution in [3.05, 3.63) is 66.9 Å². The van der Waals surface area contributed by atoms with E-state index in [2.05, 4.69) is 74.3 Å². The van der Waals surface area contributed by atoms with Gasteiger partial charge in [-0.25, -0.2) is 4.98 Å². The fourth-order valence-electron chi connectivity index (χ4n) is 4.33. The number of H-pyrrole nitrogens is 2. The van der Waals surface area contributed by atoms with Crippen LogP contribution >= 0.6 is 0 Å². The van der Waals surface area contributed by atoms with Gasteiger partial charge in [-0.2, -0.15) is 0 Å². The van der Waals surface area contributed by atoms with E-state index in [9.17, 15) is 0 Å². The van der Waals surface area contributed by atoms with Gasteiger partial charge in [0.2, 0.25) is 0 Å². The van der Waals surface area contributed by atoms with Crippen molar-refractivity contribution in [3.63, 3.8) is 0 Å². The fraction of sp³-hybridized carbons (Fsp3) is 0.200. The lowest BCUT2D eigenvalue weighted by Gasteiger charge is -2.34. The molecule has 0 atom stereocenters. The first-order valence-corrected chi connectivity index (χ1v) is 10.7. The third-order valence-corrected chi connectivity index (χ3v) is 6.17. The van der Waals surface area contributed by atoms with Crippen LogP contribution in [0.4, 0.5) is 5.69 Å². The van der Waals surface area contributed by atoms with E-state index in [1.165, 1.54) is 5.69 Å². The Morgan fingerprint density at radius 3 is 2.58 bits per heavy atom. The molecule has 2 N–H and O–H groups in total. The Bertz CT molecular complexity index is 1360. The van der Waals surface area contributed by atoms with E-state index < -0.39 is 0 Å². The van der Waals surface area contributed by atoms with Gasteiger partial charge < -0.3 is 19.8 Å². The second kappa shape index (κ2) is 7.25. The summed E-state index contributed by atoms with van der Waals surface area (Å²) in [7, 11) is 2.18. The second-order valence-electron chi connectivity index (χ2n) is 8.28. The van der Waals surface area contributed by atoms with Crippen molar-refractivity contribution < 1.29 is 0 Å². The van der Waals surface area contributed by atoms with Gasteiger partial charge in [0.05, 0.1) is 22.4 Å². The molecule has 0 spiro atoms. The highest BCUT2D eigenvalue weighted by molar-refractivity contribution is 5.90. The number of rotatable bonds is 3. The Balaban J connectivity index is 1.33. The van der Waals surface area contributed by atoms with Crippen LogP contribution in [0.5, 0.6) is 0 Å². The summed E-state index contributed by atoms with van der Waals surface area (Å²) in [6, 6.07) is 21.0. The van der Waals surface area contributed by atoms with Crippen molar-refractivity contribution in [1.29, 1.82) is 0 Å². The normalized spacial score (nSPS) is 15.2. The second-order valence-corrected chi connectivity index (χ2v) is 8.28. The zero-order valence-electron chi connectivity index (χ0n) is 17.5. The number of aromatic amines is 2. The highest BCUT2D eigenvalue weighted by atomic mass is 15.2. The number of aromatic nitrogens is 4. The molecular weight excluding hydrogens is 384 g/mol. The van der Waals surface area contributed by atoms with Crippen molar-refractivity contribution in [2.75, 3.05) is 38.1 Å². The molecule has 6 heteroatoms. The highest BCUT2D eigenvalue weighted by Gasteiger charge is 2.15. The summed E-state index contributed by atoms with van der Waals surface area (Å²) >= 11 is 0. The van der Waals surface area contributed by atoms with Crippen LogP contribution in [-0.2, 0) is 0 Å². The largest absolute Gasteiger partial charge is 0.369 e. The lowest BCUT2D eigenvalue weighted by atomic mass is 10.1. The number of hydrogen-bond donors (Lipinski definition) is 2. The number of nitrogens with one attached hydrogen (secondary N) is 2. The highest BCUT2D eigenvalue weighted by Crippen LogP contribution is 2.29. The average Bonchev–Trinajstić information content (AvgIpc) is 3.43. The number of anilines is 1. The summed E-state index contributed by atoms with van der Waals surface area (Å²) in [5.74, 6) is 0.890. The number of piperazine rings is 1. The molecule has 1 aliphatic heterocycles. The molecule has 6 rings (SSSR count). The number of hydrogen-bond acceptors (Lipinski definition) is 4. The summed E-state index contributed by atoms with van der Waals surface area (Å²) in [6.45, 7) is 4.31. The molecule has 5 aromatic rings. The Labute approximate surface area is 180 Å². The van der Waals surface area contributed by atoms with Crippen LogP contribution < -0.4 is 4.90 Å². The topological polar surface area (TPSA) is 63.8 Å². The van der Waals surface area contributed by atoms with Crippen LogP contribution in [0.3, 0.4) is 0 Å². The van der Waals surface area contributed by atoms with E-state index in [1.54, 1.807) is 0 Å². The molecule has 0 saturated carbocycles. The third-order valence-electron chi connectivity index (χ3n) is 6.17. The zero-order chi connectivity index (χ0) is 20.8. The van der Waals surface area contributed by atoms with Crippen LogP contribution in [0.1, 0.15) is 0 Å². The van der Waals surface area contributed by atoms with Gasteiger partial charge in [-0.3, -0.25) is 4.98 Å². The fourth-order valence-corrected chi connectivity index (χ4v) is 4.33. The molecule has 6 nitrogen and oxygen atoms in total. The van der Waals surface area contributed by atoms with Crippen LogP contribution in [-0.4, -0.2) is 58.1 Å². The molecule has 3 aromatic heterocycles. The van der Waals surface area contributed by atoms with Crippen molar-refractivity contribution in [2.24, 2.45) is 0 Å². The van der Waals surface area contributed by atoms with Crippen LogP contribution in [0.25, 0.3) is 44.7 Å². The van der Waals surface area contributed by atoms with Crippen molar-refractivity contribution in [3.8, 4) is 22.8 Å². The molecule has 0 bridgehead atoms. The first-order valence-electron chi connectivity index (χ1n) is 10.7. The van der Waals surface area contributed by atoms with E-state index in [0.717, 1.165) is 70.9 Å². The van der Waals surface area contributed by atoms with Gasteiger partial charge in [-0.05, 0) is 49.5 Å². The molecule has 0 radical (unpaired) electrons. The van der Waals surface area contributed by atoms with E-state index in [-0.39, 0.29) is 0 Å². The number of imidazole rings is 1. The smallest absolute Gasteiger partial charge is 0.138 e. The quantitative estimate of drug-likeness (QED) is 0.461. The lowest BCUT2D eigenvalue weighted by molar-refractivity contribution is 0.313. The molecule has 1 aliphatic rings. The minimum Gasteiger partial charge on any atom is -0.369 e. The number of benzene rings is 2. The molecule has 31 heavy (non-hydrogen) atoms. The number of likely N-dealkylation sites (N-methyl/N-ethyl adjacent to an activating group) is 1. The number of fused-ring (bicyclic) bond motifs is 2. The van der Waals surface area contributed by atoms with Gasteiger partial charge in [0.1, 0.15) is 5.82 Å². The minimum absolute atomic E-state index is 0.890. The molecule has 4 heterocycles. The Morgan fingerprint density at radius 2 is 1.74 bits per heavy atom. The third kappa shape index (κ3) is 3.35. The summed E-state index contributed by atoms with van der Waals surface area (Å²) in [5.41, 5.74) is 7.44. The summed E-state index contributed by atoms with van der Waals surface area (Å²) in [5, 5.41) is 1.16. The van der Waals surface area contributed by atoms with Crippen molar-refractivity contribution >= 4 is 27.6 Å². The summed E-state index contributed by atoms with van der Waals surface area (Å²) < 4.78 is 0. The maximum absolute atomic E-state index is 4.91. The SMILES string of the molecule is CN1CCN(c2ccc3[nH]c(-c4ccc5cc(-c6ccccn6)[nH]c5c4)nc3c2)CC1. The van der Waals surface area contributed by atoms with E-state index in [0.29, 0.717) is 0 Å². The Kier molecular flexibility index (Phi) is 4.25. The minimum atomic E-state index is 0.890. The first kappa shape index (κ1) is 18.2. The molecular formula is C25H24N6. The van der Waals surface area contributed by atoms with Gasteiger partial charge in [-0.1, -0.05) is 18.2 Å². The Hall–Kier alpha value is -3.64. The standard InChI is InChI=1S/C25H24N6/c1-30-10-12-31(13-11-30)19-7-8-21-24(16-19)29-25(28-21)18-6-5-17-14-23(27-22(17)15-18)20-4-2-3-9-26-20/h2-9,14-16,27H,10-13H2,1H3,(H,28,29).